The molecule has 1 aromatic heterocycles. The molecule has 22 heavy (non-hydrogen) atoms. The largest absolute Gasteiger partial charge is 0.381 e. The van der Waals surface area contributed by atoms with E-state index in [1.165, 1.54) is 12.8 Å². The van der Waals surface area contributed by atoms with Crippen LogP contribution in [-0.4, -0.2) is 46.3 Å². The zero-order chi connectivity index (χ0) is 15.5. The molecule has 1 saturated carbocycles. The first-order chi connectivity index (χ1) is 10.7. The molecule has 2 heterocycles. The number of carbonyl (C=O) groups excluding carboxylic acids is 1. The molecule has 2 amide bonds. The normalized spacial score (nSPS) is 20.6. The minimum absolute atomic E-state index is 0.0291. The highest BCUT2D eigenvalue weighted by Gasteiger charge is 2.37. The van der Waals surface area contributed by atoms with Crippen LogP contribution in [0.3, 0.4) is 0 Å². The Morgan fingerprint density at radius 1 is 1.45 bits per heavy atom. The molecule has 1 aliphatic heterocycles. The topological polar surface area (TPSA) is 59.4 Å². The van der Waals surface area contributed by atoms with Gasteiger partial charge in [0.15, 0.2) is 0 Å². The molecule has 1 aliphatic carbocycles. The highest BCUT2D eigenvalue weighted by atomic mass is 16.5. The lowest BCUT2D eigenvalue weighted by atomic mass is 10.1. The summed E-state index contributed by atoms with van der Waals surface area (Å²) in [7, 11) is 1.99. The van der Waals surface area contributed by atoms with Gasteiger partial charge in [0, 0.05) is 45.2 Å². The molecule has 1 unspecified atom stereocenters. The van der Waals surface area contributed by atoms with Crippen molar-refractivity contribution in [2.75, 3.05) is 19.8 Å². The molecule has 122 valence electrons. The van der Waals surface area contributed by atoms with E-state index >= 15 is 0 Å². The van der Waals surface area contributed by atoms with Crippen molar-refractivity contribution in [3.63, 3.8) is 0 Å². The summed E-state index contributed by atoms with van der Waals surface area (Å²) in [5, 5.41) is 3.23. The fourth-order valence-electron chi connectivity index (χ4n) is 3.28. The van der Waals surface area contributed by atoms with Gasteiger partial charge in [0.25, 0.3) is 0 Å². The van der Waals surface area contributed by atoms with E-state index < -0.39 is 0 Å². The van der Waals surface area contributed by atoms with Gasteiger partial charge in [-0.3, -0.25) is 0 Å². The number of rotatable bonds is 5. The van der Waals surface area contributed by atoms with Gasteiger partial charge < -0.3 is 19.5 Å². The fraction of sp³-hybridized carbons (Fsp3) is 0.750. The SMILES string of the molecule is CCN(C(=O)NC(c1nccn1C)C1CC1)C1CCOCC1. The number of nitrogens with zero attached hydrogens (tertiary/aromatic N) is 3. The summed E-state index contributed by atoms with van der Waals surface area (Å²) in [6, 6.07) is 0.357. The molecule has 0 radical (unpaired) electrons. The van der Waals surface area contributed by atoms with Gasteiger partial charge in [0.1, 0.15) is 5.82 Å². The lowest BCUT2D eigenvalue weighted by Crippen LogP contribution is -2.49. The van der Waals surface area contributed by atoms with Crippen molar-refractivity contribution in [3.8, 4) is 0 Å². The average molecular weight is 306 g/mol. The molecule has 1 N–H and O–H groups in total. The van der Waals surface area contributed by atoms with Crippen LogP contribution in [-0.2, 0) is 11.8 Å². The monoisotopic (exact) mass is 306 g/mol. The standard InChI is InChI=1S/C16H26N4O2/c1-3-20(13-6-10-22-11-7-13)16(21)18-14(12-4-5-12)15-17-8-9-19(15)2/h8-9,12-14H,3-7,10-11H2,1-2H3,(H,18,21). The Bertz CT molecular complexity index is 506. The van der Waals surface area contributed by atoms with Gasteiger partial charge in [0.05, 0.1) is 6.04 Å². The summed E-state index contributed by atoms with van der Waals surface area (Å²) >= 11 is 0. The van der Waals surface area contributed by atoms with E-state index in [0.717, 1.165) is 38.4 Å². The van der Waals surface area contributed by atoms with E-state index in [0.29, 0.717) is 12.0 Å². The lowest BCUT2D eigenvalue weighted by Gasteiger charge is -2.34. The predicted molar refractivity (Wildman–Crippen MR) is 83.4 cm³/mol. The number of hydrogen-bond donors (Lipinski definition) is 1. The molecule has 6 nitrogen and oxygen atoms in total. The first-order valence-corrected chi connectivity index (χ1v) is 8.32. The van der Waals surface area contributed by atoms with E-state index in [-0.39, 0.29) is 12.1 Å². The number of carbonyl (C=O) groups is 1. The van der Waals surface area contributed by atoms with E-state index in [2.05, 4.69) is 10.3 Å². The van der Waals surface area contributed by atoms with Crippen LogP contribution < -0.4 is 5.32 Å². The van der Waals surface area contributed by atoms with Crippen LogP contribution in [0.25, 0.3) is 0 Å². The molecular weight excluding hydrogens is 280 g/mol. The van der Waals surface area contributed by atoms with Crippen LogP contribution in [0.5, 0.6) is 0 Å². The Morgan fingerprint density at radius 2 is 2.18 bits per heavy atom. The molecule has 0 spiro atoms. The molecule has 0 aromatic carbocycles. The molecule has 0 bridgehead atoms. The van der Waals surface area contributed by atoms with Gasteiger partial charge in [-0.15, -0.1) is 0 Å². The Labute approximate surface area is 131 Å². The van der Waals surface area contributed by atoms with Gasteiger partial charge in [-0.1, -0.05) is 0 Å². The van der Waals surface area contributed by atoms with Gasteiger partial charge in [-0.05, 0) is 38.5 Å². The zero-order valence-electron chi connectivity index (χ0n) is 13.5. The van der Waals surface area contributed by atoms with Crippen molar-refractivity contribution < 1.29 is 9.53 Å². The first-order valence-electron chi connectivity index (χ1n) is 8.32. The van der Waals surface area contributed by atoms with Crippen molar-refractivity contribution in [1.82, 2.24) is 19.8 Å². The number of hydrogen-bond acceptors (Lipinski definition) is 3. The first kappa shape index (κ1) is 15.3. The summed E-state index contributed by atoms with van der Waals surface area (Å²) in [5.41, 5.74) is 0. The van der Waals surface area contributed by atoms with Crippen LogP contribution in [0.4, 0.5) is 4.79 Å². The quantitative estimate of drug-likeness (QED) is 0.906. The number of nitrogens with one attached hydrogen (secondary N) is 1. The minimum Gasteiger partial charge on any atom is -0.381 e. The Morgan fingerprint density at radius 3 is 2.73 bits per heavy atom. The highest BCUT2D eigenvalue weighted by Crippen LogP contribution is 2.40. The molecule has 1 saturated heterocycles. The van der Waals surface area contributed by atoms with E-state index in [4.69, 9.17) is 4.74 Å². The van der Waals surface area contributed by atoms with Crippen LogP contribution >= 0.6 is 0 Å². The van der Waals surface area contributed by atoms with Gasteiger partial charge in [-0.25, -0.2) is 9.78 Å². The lowest BCUT2D eigenvalue weighted by molar-refractivity contribution is 0.0466. The predicted octanol–water partition coefficient (Wildman–Crippen LogP) is 2.08. The van der Waals surface area contributed by atoms with Crippen LogP contribution in [0.2, 0.25) is 0 Å². The second kappa shape index (κ2) is 6.69. The molecule has 3 rings (SSSR count). The van der Waals surface area contributed by atoms with Gasteiger partial charge in [-0.2, -0.15) is 0 Å². The Balaban J connectivity index is 1.68. The molecule has 1 atom stereocenters. The molecular formula is C16H26N4O2. The van der Waals surface area contributed by atoms with E-state index in [1.54, 1.807) is 6.20 Å². The van der Waals surface area contributed by atoms with Crippen molar-refractivity contribution >= 4 is 6.03 Å². The minimum atomic E-state index is 0.0291. The van der Waals surface area contributed by atoms with Crippen LogP contribution in [0, 0.1) is 5.92 Å². The summed E-state index contributed by atoms with van der Waals surface area (Å²) in [6.45, 7) is 4.27. The average Bonchev–Trinajstić information content (AvgIpc) is 3.29. The van der Waals surface area contributed by atoms with E-state index in [9.17, 15) is 4.79 Å². The molecule has 2 fully saturated rings. The molecule has 1 aromatic rings. The summed E-state index contributed by atoms with van der Waals surface area (Å²) in [5.74, 6) is 1.48. The number of aryl methyl sites for hydroxylation is 1. The number of imidazole rings is 1. The van der Waals surface area contributed by atoms with Crippen molar-refractivity contribution in [1.29, 1.82) is 0 Å². The second-order valence-electron chi connectivity index (χ2n) is 6.29. The van der Waals surface area contributed by atoms with Crippen molar-refractivity contribution in [2.24, 2.45) is 13.0 Å². The third kappa shape index (κ3) is 3.27. The van der Waals surface area contributed by atoms with Gasteiger partial charge >= 0.3 is 6.03 Å². The summed E-state index contributed by atoms with van der Waals surface area (Å²) in [4.78, 5) is 19.2. The third-order valence-electron chi connectivity index (χ3n) is 4.74. The molecule has 2 aliphatic rings. The fourth-order valence-corrected chi connectivity index (χ4v) is 3.28. The number of aromatic nitrogens is 2. The Kier molecular flexibility index (Phi) is 4.66. The number of ether oxygens (including phenoxy) is 1. The molecule has 6 heteroatoms. The summed E-state index contributed by atoms with van der Waals surface area (Å²) in [6.07, 6.45) is 7.93. The number of amides is 2. The Hall–Kier alpha value is -1.56. The van der Waals surface area contributed by atoms with E-state index in [1.807, 2.05) is 29.6 Å². The summed E-state index contributed by atoms with van der Waals surface area (Å²) < 4.78 is 7.41. The van der Waals surface area contributed by atoms with Crippen molar-refractivity contribution in [3.05, 3.63) is 18.2 Å². The second-order valence-corrected chi connectivity index (χ2v) is 6.29. The number of urea groups is 1. The zero-order valence-corrected chi connectivity index (χ0v) is 13.5. The van der Waals surface area contributed by atoms with Gasteiger partial charge in [0.2, 0.25) is 0 Å². The van der Waals surface area contributed by atoms with Crippen LogP contribution in [0.15, 0.2) is 12.4 Å². The van der Waals surface area contributed by atoms with Crippen molar-refractivity contribution in [2.45, 2.75) is 44.7 Å². The highest BCUT2D eigenvalue weighted by molar-refractivity contribution is 5.75. The maximum Gasteiger partial charge on any atom is 0.318 e. The third-order valence-corrected chi connectivity index (χ3v) is 4.74. The maximum atomic E-state index is 12.8. The smallest absolute Gasteiger partial charge is 0.318 e. The maximum absolute atomic E-state index is 12.8. The van der Waals surface area contributed by atoms with Crippen LogP contribution in [0.1, 0.15) is 44.5 Å².